The van der Waals surface area contributed by atoms with Gasteiger partial charge < -0.3 is 10.6 Å². The molecule has 0 bridgehead atoms. The molecular formula is C11H9N2O2. The van der Waals surface area contributed by atoms with Gasteiger partial charge in [-0.05, 0) is 23.6 Å². The molecule has 1 heterocycles. The average molecular weight is 201 g/mol. The molecule has 15 heavy (non-hydrogen) atoms. The SMILES string of the molecule is O=C1NCc2cc3c(cc2N1)C(=O)[CH]C3. The van der Waals surface area contributed by atoms with Gasteiger partial charge in [0.25, 0.3) is 0 Å². The van der Waals surface area contributed by atoms with Crippen LogP contribution in [0.3, 0.4) is 0 Å². The molecule has 0 saturated heterocycles. The predicted molar refractivity (Wildman–Crippen MR) is 54.6 cm³/mol. The van der Waals surface area contributed by atoms with Gasteiger partial charge in [0.2, 0.25) is 0 Å². The number of nitrogens with one attached hydrogen (secondary N) is 2. The third kappa shape index (κ3) is 1.21. The van der Waals surface area contributed by atoms with Crippen LogP contribution in [0.1, 0.15) is 21.5 Å². The fourth-order valence-corrected chi connectivity index (χ4v) is 2.01. The Bertz CT molecular complexity index is 480. The third-order valence-electron chi connectivity index (χ3n) is 2.79. The van der Waals surface area contributed by atoms with Gasteiger partial charge in [0, 0.05) is 24.2 Å². The van der Waals surface area contributed by atoms with Crippen molar-refractivity contribution in [1.29, 1.82) is 0 Å². The molecule has 1 aromatic carbocycles. The van der Waals surface area contributed by atoms with E-state index < -0.39 is 0 Å². The number of amides is 2. The standard InChI is InChI=1S/C11H9N2O2/c14-10-2-1-6-3-7-5-12-11(15)13-9(7)4-8(6)10/h2-4H,1,5H2,(H2,12,13,15). The van der Waals surface area contributed by atoms with Gasteiger partial charge in [0.1, 0.15) is 0 Å². The summed E-state index contributed by atoms with van der Waals surface area (Å²) >= 11 is 0. The van der Waals surface area contributed by atoms with Crippen LogP contribution in [-0.4, -0.2) is 11.8 Å². The first-order valence-electron chi connectivity index (χ1n) is 4.82. The molecule has 0 spiro atoms. The van der Waals surface area contributed by atoms with E-state index in [1.807, 2.05) is 6.07 Å². The van der Waals surface area contributed by atoms with E-state index >= 15 is 0 Å². The Kier molecular flexibility index (Phi) is 1.59. The number of hydrogen-bond donors (Lipinski definition) is 2. The highest BCUT2D eigenvalue weighted by Crippen LogP contribution is 2.29. The Morgan fingerprint density at radius 1 is 1.13 bits per heavy atom. The lowest BCUT2D eigenvalue weighted by Gasteiger charge is -2.19. The quantitative estimate of drug-likeness (QED) is 0.664. The fraction of sp³-hybridized carbons (Fsp3) is 0.182. The van der Waals surface area contributed by atoms with Gasteiger partial charge in [-0.1, -0.05) is 6.07 Å². The number of rotatable bonds is 0. The molecule has 4 heteroatoms. The van der Waals surface area contributed by atoms with Crippen molar-refractivity contribution in [3.8, 4) is 0 Å². The second-order valence-electron chi connectivity index (χ2n) is 3.75. The van der Waals surface area contributed by atoms with E-state index in [0.29, 0.717) is 13.0 Å². The van der Waals surface area contributed by atoms with E-state index in [1.54, 1.807) is 12.5 Å². The number of ketones is 1. The van der Waals surface area contributed by atoms with Crippen molar-refractivity contribution in [2.24, 2.45) is 0 Å². The first kappa shape index (κ1) is 8.47. The lowest BCUT2D eigenvalue weighted by Crippen LogP contribution is -2.33. The molecule has 3 rings (SSSR count). The largest absolute Gasteiger partial charge is 0.334 e. The van der Waals surface area contributed by atoms with Gasteiger partial charge in [0.05, 0.1) is 0 Å². The molecule has 1 aliphatic carbocycles. The number of carbonyl (C=O) groups is 2. The Morgan fingerprint density at radius 2 is 2.00 bits per heavy atom. The molecule has 2 N–H and O–H groups in total. The number of urea groups is 1. The summed E-state index contributed by atoms with van der Waals surface area (Å²) in [6.07, 6.45) is 2.38. The number of anilines is 1. The van der Waals surface area contributed by atoms with Crippen LogP contribution >= 0.6 is 0 Å². The highest BCUT2D eigenvalue weighted by atomic mass is 16.2. The van der Waals surface area contributed by atoms with Gasteiger partial charge in [-0.15, -0.1) is 0 Å². The molecule has 0 aromatic heterocycles. The summed E-state index contributed by atoms with van der Waals surface area (Å²) in [6.45, 7) is 0.530. The summed E-state index contributed by atoms with van der Waals surface area (Å²) < 4.78 is 0. The van der Waals surface area contributed by atoms with Crippen LogP contribution in [0.25, 0.3) is 0 Å². The maximum Gasteiger partial charge on any atom is 0.319 e. The van der Waals surface area contributed by atoms with Gasteiger partial charge in [-0.2, -0.15) is 0 Å². The second kappa shape index (κ2) is 2.82. The molecule has 2 amide bonds. The van der Waals surface area contributed by atoms with Crippen LogP contribution in [0.4, 0.5) is 10.5 Å². The van der Waals surface area contributed by atoms with Crippen molar-refractivity contribution in [2.75, 3.05) is 5.32 Å². The van der Waals surface area contributed by atoms with Crippen molar-refractivity contribution in [1.82, 2.24) is 5.32 Å². The Balaban J connectivity index is 2.14. The zero-order chi connectivity index (χ0) is 10.4. The number of benzene rings is 1. The Labute approximate surface area is 86.7 Å². The van der Waals surface area contributed by atoms with E-state index in [9.17, 15) is 9.59 Å². The average Bonchev–Trinajstić information content (AvgIpc) is 2.57. The topological polar surface area (TPSA) is 58.2 Å². The third-order valence-corrected chi connectivity index (χ3v) is 2.79. The molecular weight excluding hydrogens is 192 g/mol. The first-order chi connectivity index (χ1) is 7.24. The normalized spacial score (nSPS) is 17.9. The number of fused-ring (bicyclic) bond motifs is 2. The van der Waals surface area contributed by atoms with E-state index in [4.69, 9.17) is 0 Å². The van der Waals surface area contributed by atoms with Gasteiger partial charge >= 0.3 is 6.03 Å². The maximum atomic E-state index is 11.4. The van der Waals surface area contributed by atoms with E-state index in [1.165, 1.54) is 0 Å². The molecule has 75 valence electrons. The van der Waals surface area contributed by atoms with Crippen LogP contribution < -0.4 is 10.6 Å². The van der Waals surface area contributed by atoms with Crippen molar-refractivity contribution >= 4 is 17.5 Å². The molecule has 0 unspecified atom stereocenters. The maximum absolute atomic E-state index is 11.4. The minimum Gasteiger partial charge on any atom is -0.334 e. The van der Waals surface area contributed by atoms with Crippen molar-refractivity contribution in [3.63, 3.8) is 0 Å². The smallest absolute Gasteiger partial charge is 0.319 e. The zero-order valence-corrected chi connectivity index (χ0v) is 7.96. The second-order valence-corrected chi connectivity index (χ2v) is 3.75. The van der Waals surface area contributed by atoms with E-state index in [0.717, 1.165) is 22.4 Å². The van der Waals surface area contributed by atoms with E-state index in [-0.39, 0.29) is 11.8 Å². The molecule has 1 aromatic rings. The van der Waals surface area contributed by atoms with Crippen molar-refractivity contribution < 1.29 is 9.59 Å². The van der Waals surface area contributed by atoms with Crippen molar-refractivity contribution in [2.45, 2.75) is 13.0 Å². The summed E-state index contributed by atoms with van der Waals surface area (Å²) in [4.78, 5) is 22.5. The number of Topliss-reactive ketones (excluding diaryl/α,β-unsaturated/α-hetero) is 1. The van der Waals surface area contributed by atoms with Gasteiger partial charge in [-0.3, -0.25) is 4.79 Å². The zero-order valence-electron chi connectivity index (χ0n) is 7.96. The molecule has 0 fully saturated rings. The number of hydrogen-bond acceptors (Lipinski definition) is 2. The predicted octanol–water partition coefficient (Wildman–Crippen LogP) is 1.26. The first-order valence-corrected chi connectivity index (χ1v) is 4.82. The molecule has 2 aliphatic rings. The minimum absolute atomic E-state index is 0.0561. The van der Waals surface area contributed by atoms with Crippen LogP contribution in [-0.2, 0) is 13.0 Å². The highest BCUT2D eigenvalue weighted by molar-refractivity contribution is 6.08. The summed E-state index contributed by atoms with van der Waals surface area (Å²) in [7, 11) is 0. The fourth-order valence-electron chi connectivity index (χ4n) is 2.01. The van der Waals surface area contributed by atoms with E-state index in [2.05, 4.69) is 10.6 Å². The molecule has 1 radical (unpaired) electrons. The summed E-state index contributed by atoms with van der Waals surface area (Å²) in [5.41, 5.74) is 3.56. The Hall–Kier alpha value is -1.84. The van der Waals surface area contributed by atoms with Crippen molar-refractivity contribution in [3.05, 3.63) is 35.2 Å². The summed E-state index contributed by atoms with van der Waals surface area (Å²) in [5.74, 6) is 0.0561. The monoisotopic (exact) mass is 201 g/mol. The van der Waals surface area contributed by atoms with Gasteiger partial charge in [0.15, 0.2) is 5.78 Å². The molecule has 0 atom stereocenters. The summed E-state index contributed by atoms with van der Waals surface area (Å²) in [5, 5.41) is 5.39. The lowest BCUT2D eigenvalue weighted by atomic mass is 10.0. The van der Waals surface area contributed by atoms with Gasteiger partial charge in [-0.25, -0.2) is 4.79 Å². The Morgan fingerprint density at radius 3 is 2.87 bits per heavy atom. The lowest BCUT2D eigenvalue weighted by molar-refractivity contribution is 0.103. The number of carbonyl (C=O) groups excluding carboxylic acids is 2. The molecule has 0 saturated carbocycles. The van der Waals surface area contributed by atoms with Crippen LogP contribution in [0.2, 0.25) is 0 Å². The highest BCUT2D eigenvalue weighted by Gasteiger charge is 2.24. The summed E-state index contributed by atoms with van der Waals surface area (Å²) in [6, 6.07) is 3.55. The molecule has 4 nitrogen and oxygen atoms in total. The van der Waals surface area contributed by atoms with Crippen LogP contribution in [0.5, 0.6) is 0 Å². The van der Waals surface area contributed by atoms with Crippen LogP contribution in [0.15, 0.2) is 12.1 Å². The van der Waals surface area contributed by atoms with Crippen LogP contribution in [0, 0.1) is 6.42 Å². The molecule has 1 aliphatic heterocycles. The minimum atomic E-state index is -0.211.